The van der Waals surface area contributed by atoms with Crippen molar-refractivity contribution in [1.82, 2.24) is 9.88 Å². The number of hydrogen-bond acceptors (Lipinski definition) is 4. The summed E-state index contributed by atoms with van der Waals surface area (Å²) in [5.74, 6) is 1.25. The third-order valence-electron chi connectivity index (χ3n) is 4.81. The highest BCUT2D eigenvalue weighted by Crippen LogP contribution is 2.28. The molecule has 0 atom stereocenters. The molecular weight excluding hydrogens is 312 g/mol. The summed E-state index contributed by atoms with van der Waals surface area (Å²) in [6, 6.07) is 17.9. The van der Waals surface area contributed by atoms with Gasteiger partial charge in [0.05, 0.1) is 0 Å². The second-order valence-electron chi connectivity index (χ2n) is 6.55. The van der Waals surface area contributed by atoms with Gasteiger partial charge in [0.25, 0.3) is 0 Å². The van der Waals surface area contributed by atoms with Crippen LogP contribution in [0.4, 0.5) is 0 Å². The molecule has 1 aliphatic heterocycles. The Morgan fingerprint density at radius 1 is 1.00 bits per heavy atom. The molecule has 2 aromatic carbocycles. The molecule has 25 heavy (non-hydrogen) atoms. The lowest BCUT2D eigenvalue weighted by Crippen LogP contribution is -2.37. The van der Waals surface area contributed by atoms with Gasteiger partial charge in [-0.15, -0.1) is 0 Å². The van der Waals surface area contributed by atoms with Crippen LogP contribution in [0, 0.1) is 0 Å². The molecule has 0 radical (unpaired) electrons. The molecule has 0 aliphatic carbocycles. The number of hydrogen-bond donors (Lipinski definition) is 1. The van der Waals surface area contributed by atoms with Gasteiger partial charge >= 0.3 is 0 Å². The molecule has 1 N–H and O–H groups in total. The summed E-state index contributed by atoms with van der Waals surface area (Å²) in [6.07, 6.45) is 3.99. The molecule has 2 heterocycles. The molecule has 1 aliphatic rings. The van der Waals surface area contributed by atoms with Crippen LogP contribution in [0.25, 0.3) is 10.9 Å². The minimum absolute atomic E-state index is 0.269. The Morgan fingerprint density at radius 3 is 2.60 bits per heavy atom. The minimum atomic E-state index is 0.269. The number of aromatic hydroxyl groups is 1. The number of piperidine rings is 1. The quantitative estimate of drug-likeness (QED) is 0.784. The highest BCUT2D eigenvalue weighted by molar-refractivity contribution is 5.85. The molecule has 4 heteroatoms. The van der Waals surface area contributed by atoms with E-state index in [-0.39, 0.29) is 6.10 Å². The lowest BCUT2D eigenvalue weighted by Gasteiger charge is -2.32. The van der Waals surface area contributed by atoms with Crippen molar-refractivity contribution in [3.63, 3.8) is 0 Å². The van der Waals surface area contributed by atoms with E-state index in [0.29, 0.717) is 11.3 Å². The predicted octanol–water partition coefficient (Wildman–Crippen LogP) is 3.98. The standard InChI is InChI=1S/C21H22N2O2/c24-21-17(9-8-16-5-4-12-22-20(16)21)15-23-13-10-19(11-14-23)25-18-6-2-1-3-7-18/h1-9,12,19,24H,10-11,13-15H2. The SMILES string of the molecule is Oc1c(CN2CCC(Oc3ccccc3)CC2)ccc2cccnc12. The fraction of sp³-hybridized carbons (Fsp3) is 0.286. The average Bonchev–Trinajstić information content (AvgIpc) is 2.67. The fourth-order valence-corrected chi connectivity index (χ4v) is 3.42. The Hall–Kier alpha value is -2.59. The van der Waals surface area contributed by atoms with Crippen LogP contribution in [0.2, 0.25) is 0 Å². The molecule has 0 unspecified atom stereocenters. The zero-order valence-corrected chi connectivity index (χ0v) is 14.1. The Morgan fingerprint density at radius 2 is 1.80 bits per heavy atom. The maximum absolute atomic E-state index is 10.5. The largest absolute Gasteiger partial charge is 0.505 e. The molecular formula is C21H22N2O2. The first-order chi connectivity index (χ1) is 12.3. The van der Waals surface area contributed by atoms with E-state index in [1.54, 1.807) is 6.20 Å². The first-order valence-corrected chi connectivity index (χ1v) is 8.79. The summed E-state index contributed by atoms with van der Waals surface area (Å²) >= 11 is 0. The van der Waals surface area contributed by atoms with Crippen LogP contribution in [0.1, 0.15) is 18.4 Å². The maximum Gasteiger partial charge on any atom is 0.146 e. The highest BCUT2D eigenvalue weighted by Gasteiger charge is 2.21. The number of ether oxygens (including phenoxy) is 1. The van der Waals surface area contributed by atoms with Gasteiger partial charge in [0.15, 0.2) is 0 Å². The molecule has 0 saturated carbocycles. The van der Waals surface area contributed by atoms with E-state index in [1.165, 1.54) is 0 Å². The number of benzene rings is 2. The van der Waals surface area contributed by atoms with Crippen molar-refractivity contribution in [1.29, 1.82) is 0 Å². The summed E-state index contributed by atoms with van der Waals surface area (Å²) in [4.78, 5) is 6.67. The van der Waals surface area contributed by atoms with Gasteiger partial charge in [0, 0.05) is 36.8 Å². The van der Waals surface area contributed by atoms with Crippen molar-refractivity contribution in [2.45, 2.75) is 25.5 Å². The Labute approximate surface area is 147 Å². The number of likely N-dealkylation sites (tertiary alicyclic amines) is 1. The van der Waals surface area contributed by atoms with Crippen LogP contribution in [0.5, 0.6) is 11.5 Å². The van der Waals surface area contributed by atoms with Crippen LogP contribution in [0.15, 0.2) is 60.8 Å². The predicted molar refractivity (Wildman–Crippen MR) is 98.8 cm³/mol. The molecule has 128 valence electrons. The summed E-state index contributed by atoms with van der Waals surface area (Å²) in [5, 5.41) is 11.5. The summed E-state index contributed by atoms with van der Waals surface area (Å²) in [7, 11) is 0. The van der Waals surface area contributed by atoms with E-state index in [9.17, 15) is 5.11 Å². The number of phenols is 1. The summed E-state index contributed by atoms with van der Waals surface area (Å²) in [6.45, 7) is 2.69. The summed E-state index contributed by atoms with van der Waals surface area (Å²) < 4.78 is 6.05. The minimum Gasteiger partial charge on any atom is -0.505 e. The van der Waals surface area contributed by atoms with Crippen LogP contribution >= 0.6 is 0 Å². The van der Waals surface area contributed by atoms with Gasteiger partial charge < -0.3 is 9.84 Å². The van der Waals surface area contributed by atoms with Gasteiger partial charge in [-0.05, 0) is 31.0 Å². The van der Waals surface area contributed by atoms with Gasteiger partial charge in [-0.2, -0.15) is 0 Å². The first-order valence-electron chi connectivity index (χ1n) is 8.79. The van der Waals surface area contributed by atoms with Crippen molar-refractivity contribution in [2.75, 3.05) is 13.1 Å². The zero-order valence-electron chi connectivity index (χ0n) is 14.1. The summed E-state index contributed by atoms with van der Waals surface area (Å²) in [5.41, 5.74) is 1.62. The van der Waals surface area contributed by atoms with Gasteiger partial charge in [0.2, 0.25) is 0 Å². The Balaban J connectivity index is 1.38. The third kappa shape index (κ3) is 3.59. The monoisotopic (exact) mass is 334 g/mol. The lowest BCUT2D eigenvalue weighted by molar-refractivity contribution is 0.0964. The van der Waals surface area contributed by atoms with Crippen molar-refractivity contribution < 1.29 is 9.84 Å². The van der Waals surface area contributed by atoms with E-state index < -0.39 is 0 Å². The van der Waals surface area contributed by atoms with Crippen LogP contribution < -0.4 is 4.74 Å². The smallest absolute Gasteiger partial charge is 0.146 e. The molecule has 1 saturated heterocycles. The van der Waals surface area contributed by atoms with Crippen LogP contribution in [-0.4, -0.2) is 34.2 Å². The second-order valence-corrected chi connectivity index (χ2v) is 6.55. The Bertz CT molecular complexity index is 843. The lowest BCUT2D eigenvalue weighted by atomic mass is 10.0. The van der Waals surface area contributed by atoms with Gasteiger partial charge in [-0.1, -0.05) is 36.4 Å². The normalized spacial score (nSPS) is 16.2. The second kappa shape index (κ2) is 7.11. The molecule has 4 rings (SSSR count). The van der Waals surface area contributed by atoms with Gasteiger partial charge in [-0.25, -0.2) is 0 Å². The number of phenolic OH excluding ortho intramolecular Hbond substituents is 1. The maximum atomic E-state index is 10.5. The Kier molecular flexibility index (Phi) is 4.53. The van der Waals surface area contributed by atoms with Gasteiger partial charge in [0.1, 0.15) is 23.1 Å². The molecule has 0 bridgehead atoms. The van der Waals surface area contributed by atoms with E-state index in [1.807, 2.05) is 54.6 Å². The highest BCUT2D eigenvalue weighted by atomic mass is 16.5. The zero-order chi connectivity index (χ0) is 17.1. The average molecular weight is 334 g/mol. The number of nitrogens with zero attached hydrogens (tertiary/aromatic N) is 2. The molecule has 4 nitrogen and oxygen atoms in total. The molecule has 1 fully saturated rings. The topological polar surface area (TPSA) is 45.6 Å². The molecule has 0 spiro atoms. The molecule has 3 aromatic rings. The van der Waals surface area contributed by atoms with Crippen molar-refractivity contribution in [3.8, 4) is 11.5 Å². The van der Waals surface area contributed by atoms with Crippen LogP contribution in [0.3, 0.4) is 0 Å². The van der Waals surface area contributed by atoms with Crippen molar-refractivity contribution in [3.05, 3.63) is 66.4 Å². The number of rotatable bonds is 4. The van der Waals surface area contributed by atoms with E-state index in [0.717, 1.165) is 49.2 Å². The number of pyridine rings is 1. The molecule has 1 aromatic heterocycles. The molecule has 0 amide bonds. The number of para-hydroxylation sites is 1. The van der Waals surface area contributed by atoms with Crippen molar-refractivity contribution >= 4 is 10.9 Å². The van der Waals surface area contributed by atoms with E-state index >= 15 is 0 Å². The number of aromatic nitrogens is 1. The van der Waals surface area contributed by atoms with Crippen LogP contribution in [-0.2, 0) is 6.54 Å². The third-order valence-corrected chi connectivity index (χ3v) is 4.81. The number of fused-ring (bicyclic) bond motifs is 1. The van der Waals surface area contributed by atoms with Gasteiger partial charge in [-0.3, -0.25) is 9.88 Å². The first kappa shape index (κ1) is 15.9. The van der Waals surface area contributed by atoms with Crippen molar-refractivity contribution in [2.24, 2.45) is 0 Å². The van der Waals surface area contributed by atoms with E-state index in [2.05, 4.69) is 9.88 Å². The van der Waals surface area contributed by atoms with E-state index in [4.69, 9.17) is 4.74 Å². The fourth-order valence-electron chi connectivity index (χ4n) is 3.42.